The maximum absolute atomic E-state index is 12.9. The van der Waals surface area contributed by atoms with Crippen LogP contribution in [0, 0.1) is 5.92 Å². The molecule has 0 radical (unpaired) electrons. The van der Waals surface area contributed by atoms with Gasteiger partial charge in [-0.3, -0.25) is 14.4 Å². The van der Waals surface area contributed by atoms with Crippen LogP contribution in [0.4, 0.5) is 0 Å². The molecule has 1 aromatic rings. The molecule has 31 heavy (non-hydrogen) atoms. The molecule has 0 aromatic heterocycles. The van der Waals surface area contributed by atoms with Crippen LogP contribution in [0.5, 0.6) is 0 Å². The van der Waals surface area contributed by atoms with Gasteiger partial charge in [0, 0.05) is 6.42 Å². The molecule has 1 rings (SSSR count). The van der Waals surface area contributed by atoms with E-state index in [0.29, 0.717) is 5.56 Å². The van der Waals surface area contributed by atoms with Crippen LogP contribution in [0.1, 0.15) is 56.5 Å². The van der Waals surface area contributed by atoms with E-state index in [1.54, 1.807) is 27.7 Å². The molecule has 0 heterocycles. The van der Waals surface area contributed by atoms with Gasteiger partial charge in [-0.05, 0) is 43.9 Å². The summed E-state index contributed by atoms with van der Waals surface area (Å²) in [5.41, 5.74) is -0.511. The lowest BCUT2D eigenvalue weighted by molar-refractivity contribution is -0.143. The first kappa shape index (κ1) is 25.6. The SMILES string of the molecule is CC(C)[C@H](NC(=O)C(C)(C)c1ccc(C(=O)O)cc1)C(=O)N[C@H](CCC(=O)O)C(=O)O. The number of carbonyl (C=O) groups is 5. The molecule has 1 aromatic carbocycles. The van der Waals surface area contributed by atoms with Crippen molar-refractivity contribution in [1.82, 2.24) is 10.6 Å². The Bertz CT molecular complexity index is 845. The van der Waals surface area contributed by atoms with Crippen LogP contribution in [0.15, 0.2) is 24.3 Å². The van der Waals surface area contributed by atoms with Gasteiger partial charge in [-0.2, -0.15) is 0 Å². The van der Waals surface area contributed by atoms with Crippen LogP contribution in [0.25, 0.3) is 0 Å². The molecule has 0 saturated heterocycles. The van der Waals surface area contributed by atoms with E-state index in [1.807, 2.05) is 0 Å². The van der Waals surface area contributed by atoms with Crippen LogP contribution >= 0.6 is 0 Å². The molecule has 0 spiro atoms. The fourth-order valence-corrected chi connectivity index (χ4v) is 2.80. The van der Waals surface area contributed by atoms with E-state index >= 15 is 0 Å². The van der Waals surface area contributed by atoms with Gasteiger partial charge in [0.25, 0.3) is 0 Å². The molecule has 0 fully saturated rings. The highest BCUT2D eigenvalue weighted by Crippen LogP contribution is 2.24. The lowest BCUT2D eigenvalue weighted by Crippen LogP contribution is -2.56. The van der Waals surface area contributed by atoms with Crippen LogP contribution in [0.2, 0.25) is 0 Å². The van der Waals surface area contributed by atoms with Gasteiger partial charge in [-0.25, -0.2) is 9.59 Å². The minimum Gasteiger partial charge on any atom is -0.481 e. The molecule has 170 valence electrons. The van der Waals surface area contributed by atoms with Crippen molar-refractivity contribution in [3.8, 4) is 0 Å². The van der Waals surface area contributed by atoms with Crippen molar-refractivity contribution in [3.63, 3.8) is 0 Å². The summed E-state index contributed by atoms with van der Waals surface area (Å²) in [5, 5.41) is 31.9. The van der Waals surface area contributed by atoms with Gasteiger partial charge >= 0.3 is 17.9 Å². The zero-order valence-corrected chi connectivity index (χ0v) is 17.8. The quantitative estimate of drug-likeness (QED) is 0.345. The topological polar surface area (TPSA) is 170 Å². The van der Waals surface area contributed by atoms with E-state index in [1.165, 1.54) is 24.3 Å². The summed E-state index contributed by atoms with van der Waals surface area (Å²) in [6.45, 7) is 6.57. The number of carboxylic acids is 3. The number of carbonyl (C=O) groups excluding carboxylic acids is 2. The standard InChI is InChI=1S/C21H28N2O8/c1-11(2)16(17(26)22-14(19(29)30)9-10-15(24)25)23-20(31)21(3,4)13-7-5-12(6-8-13)18(27)28/h5-8,11,14,16H,9-10H2,1-4H3,(H,22,26)(H,23,31)(H,24,25)(H,27,28)(H,29,30)/t14-,16+/m1/s1. The van der Waals surface area contributed by atoms with Gasteiger partial charge in [-0.1, -0.05) is 26.0 Å². The minimum absolute atomic E-state index is 0.0699. The smallest absolute Gasteiger partial charge is 0.335 e. The molecule has 0 aliphatic carbocycles. The first-order valence-corrected chi connectivity index (χ1v) is 9.67. The number of hydrogen-bond donors (Lipinski definition) is 5. The minimum atomic E-state index is -1.40. The lowest BCUT2D eigenvalue weighted by Gasteiger charge is -2.29. The number of carboxylic acid groups (broad SMARTS) is 3. The zero-order valence-electron chi connectivity index (χ0n) is 17.8. The molecule has 0 saturated carbocycles. The third-order valence-corrected chi connectivity index (χ3v) is 4.92. The Kier molecular flexibility index (Phi) is 8.72. The summed E-state index contributed by atoms with van der Waals surface area (Å²) in [5.74, 6) is -5.29. The number of hydrogen-bond acceptors (Lipinski definition) is 5. The molecule has 10 nitrogen and oxygen atoms in total. The Balaban J connectivity index is 2.98. The maximum atomic E-state index is 12.9. The first-order valence-electron chi connectivity index (χ1n) is 9.67. The molecule has 5 N–H and O–H groups in total. The Morgan fingerprint density at radius 1 is 0.935 bits per heavy atom. The molecule has 2 amide bonds. The summed E-state index contributed by atoms with van der Waals surface area (Å²) in [4.78, 5) is 58.7. The maximum Gasteiger partial charge on any atom is 0.335 e. The predicted molar refractivity (Wildman–Crippen MR) is 110 cm³/mol. The second-order valence-corrected chi connectivity index (χ2v) is 8.03. The van der Waals surface area contributed by atoms with E-state index in [4.69, 9.17) is 10.2 Å². The van der Waals surface area contributed by atoms with Gasteiger partial charge in [0.15, 0.2) is 0 Å². The summed E-state index contributed by atoms with van der Waals surface area (Å²) >= 11 is 0. The fraction of sp³-hybridized carbons (Fsp3) is 0.476. The third-order valence-electron chi connectivity index (χ3n) is 4.92. The van der Waals surface area contributed by atoms with Crippen molar-refractivity contribution in [3.05, 3.63) is 35.4 Å². The first-order chi connectivity index (χ1) is 14.3. The van der Waals surface area contributed by atoms with Gasteiger partial charge in [0.2, 0.25) is 11.8 Å². The highest BCUT2D eigenvalue weighted by Gasteiger charge is 2.35. The Labute approximate surface area is 179 Å². The highest BCUT2D eigenvalue weighted by atomic mass is 16.4. The molecule has 2 atom stereocenters. The van der Waals surface area contributed by atoms with Crippen LogP contribution < -0.4 is 10.6 Å². The molecule has 10 heteroatoms. The Morgan fingerprint density at radius 2 is 1.48 bits per heavy atom. The monoisotopic (exact) mass is 436 g/mol. The van der Waals surface area contributed by atoms with Gasteiger partial charge in [0.05, 0.1) is 11.0 Å². The number of nitrogens with one attached hydrogen (secondary N) is 2. The van der Waals surface area contributed by atoms with Crippen molar-refractivity contribution in [2.45, 2.75) is 58.0 Å². The number of benzene rings is 1. The molecular formula is C21H28N2O8. The van der Waals surface area contributed by atoms with Crippen molar-refractivity contribution in [1.29, 1.82) is 0 Å². The van der Waals surface area contributed by atoms with Gasteiger partial charge in [0.1, 0.15) is 12.1 Å². The van der Waals surface area contributed by atoms with E-state index in [0.717, 1.165) is 0 Å². The molecular weight excluding hydrogens is 408 g/mol. The number of rotatable bonds is 11. The largest absolute Gasteiger partial charge is 0.481 e. The fourth-order valence-electron chi connectivity index (χ4n) is 2.80. The van der Waals surface area contributed by atoms with Crippen LogP contribution in [0.3, 0.4) is 0 Å². The Morgan fingerprint density at radius 3 is 1.90 bits per heavy atom. The molecule has 0 unspecified atom stereocenters. The molecule has 0 aliphatic heterocycles. The summed E-state index contributed by atoms with van der Waals surface area (Å²) in [6.07, 6.45) is -0.730. The predicted octanol–water partition coefficient (Wildman–Crippen LogP) is 1.24. The Hall–Kier alpha value is -3.43. The summed E-state index contributed by atoms with van der Waals surface area (Å²) < 4.78 is 0. The number of amides is 2. The normalized spacial score (nSPS) is 13.2. The average molecular weight is 436 g/mol. The number of aromatic carboxylic acids is 1. The number of aliphatic carboxylic acids is 2. The van der Waals surface area contributed by atoms with Gasteiger partial charge < -0.3 is 26.0 Å². The second-order valence-electron chi connectivity index (χ2n) is 8.03. The van der Waals surface area contributed by atoms with Crippen molar-refractivity contribution >= 4 is 29.7 Å². The van der Waals surface area contributed by atoms with Gasteiger partial charge in [-0.15, -0.1) is 0 Å². The van der Waals surface area contributed by atoms with E-state index < -0.39 is 53.6 Å². The van der Waals surface area contributed by atoms with E-state index in [9.17, 15) is 29.1 Å². The second kappa shape index (κ2) is 10.6. The third kappa shape index (κ3) is 7.09. The van der Waals surface area contributed by atoms with Crippen molar-refractivity contribution < 1.29 is 39.3 Å². The molecule has 0 bridgehead atoms. The average Bonchev–Trinajstić information content (AvgIpc) is 2.68. The molecule has 0 aliphatic rings. The van der Waals surface area contributed by atoms with Crippen LogP contribution in [-0.4, -0.2) is 57.1 Å². The van der Waals surface area contributed by atoms with E-state index in [2.05, 4.69) is 10.6 Å². The van der Waals surface area contributed by atoms with Crippen molar-refractivity contribution in [2.24, 2.45) is 5.92 Å². The summed E-state index contributed by atoms with van der Waals surface area (Å²) in [6, 6.07) is 3.31. The van der Waals surface area contributed by atoms with E-state index in [-0.39, 0.29) is 17.9 Å². The van der Waals surface area contributed by atoms with Crippen LogP contribution in [-0.2, 0) is 24.6 Å². The lowest BCUT2D eigenvalue weighted by atomic mass is 9.82. The summed E-state index contributed by atoms with van der Waals surface area (Å²) in [7, 11) is 0. The highest BCUT2D eigenvalue weighted by molar-refractivity contribution is 5.94. The van der Waals surface area contributed by atoms with Crippen molar-refractivity contribution in [2.75, 3.05) is 0 Å². The zero-order chi connectivity index (χ0) is 23.9.